The van der Waals surface area contributed by atoms with Gasteiger partial charge in [0.05, 0.1) is 0 Å². The zero-order valence-corrected chi connectivity index (χ0v) is 7.76. The Hall–Kier alpha value is -0.810. The third kappa shape index (κ3) is 3.20. The second-order valence-electron chi connectivity index (χ2n) is 2.46. The number of alkyl halides is 2. The predicted octanol–water partition coefficient (Wildman–Crippen LogP) is 1.86. The highest BCUT2D eigenvalue weighted by Crippen LogP contribution is 2.14. The maximum Gasteiger partial charge on any atom is 0.297 e. The van der Waals surface area contributed by atoms with Gasteiger partial charge in [-0.1, -0.05) is 0 Å². The molecule has 0 aliphatic rings. The maximum atomic E-state index is 11.9. The van der Waals surface area contributed by atoms with Gasteiger partial charge in [0.15, 0.2) is 5.82 Å². The van der Waals surface area contributed by atoms with Crippen molar-refractivity contribution < 1.29 is 8.78 Å². The quantitative estimate of drug-likeness (QED) is 0.809. The van der Waals surface area contributed by atoms with Crippen molar-refractivity contribution in [1.29, 1.82) is 0 Å². The maximum absolute atomic E-state index is 11.9. The van der Waals surface area contributed by atoms with Crippen LogP contribution in [0.1, 0.15) is 30.8 Å². The molecular weight excluding hydrogens is 200 g/mol. The summed E-state index contributed by atoms with van der Waals surface area (Å²) in [5.74, 6) is -0.459. The van der Waals surface area contributed by atoms with E-state index in [1.165, 1.54) is 12.4 Å². The molecule has 0 unspecified atom stereocenters. The van der Waals surface area contributed by atoms with Gasteiger partial charge in [-0.3, -0.25) is 0 Å². The summed E-state index contributed by atoms with van der Waals surface area (Å²) in [5.41, 5.74) is 6.12. The first-order valence-electron chi connectivity index (χ1n) is 3.47. The Morgan fingerprint density at radius 3 is 2.08 bits per heavy atom. The Labute approximate surface area is 80.8 Å². The number of hydrogen-bond donors (Lipinski definition) is 1. The van der Waals surface area contributed by atoms with Crippen molar-refractivity contribution in [2.24, 2.45) is 5.73 Å². The molecule has 0 amide bonds. The predicted molar refractivity (Wildman–Crippen MR) is 46.8 cm³/mol. The van der Waals surface area contributed by atoms with Gasteiger partial charge in [-0.05, 0) is 6.92 Å². The summed E-state index contributed by atoms with van der Waals surface area (Å²) < 4.78 is 23.9. The molecule has 3 nitrogen and oxygen atoms in total. The molecule has 74 valence electrons. The number of aromatic nitrogens is 2. The summed E-state index contributed by atoms with van der Waals surface area (Å²) in [7, 11) is 0. The van der Waals surface area contributed by atoms with Crippen LogP contribution in [0.3, 0.4) is 0 Å². The minimum atomic E-state index is -2.62. The molecule has 0 bridgehead atoms. The lowest BCUT2D eigenvalue weighted by molar-refractivity contribution is 0.140. The normalized spacial score (nSPS) is 12.4. The fourth-order valence-electron chi connectivity index (χ4n) is 0.696. The molecule has 0 aliphatic carbocycles. The zero-order valence-electron chi connectivity index (χ0n) is 6.95. The van der Waals surface area contributed by atoms with Crippen LogP contribution in [0.4, 0.5) is 8.78 Å². The van der Waals surface area contributed by atoms with Crippen molar-refractivity contribution in [2.75, 3.05) is 0 Å². The number of hydrogen-bond acceptors (Lipinski definition) is 3. The van der Waals surface area contributed by atoms with E-state index in [2.05, 4.69) is 9.97 Å². The number of nitrogens with zero attached hydrogens (tertiary/aromatic N) is 2. The highest BCUT2D eigenvalue weighted by molar-refractivity contribution is 5.85. The van der Waals surface area contributed by atoms with Crippen molar-refractivity contribution in [3.63, 3.8) is 0 Å². The Kier molecular flexibility index (Phi) is 4.72. The van der Waals surface area contributed by atoms with E-state index in [-0.39, 0.29) is 18.4 Å². The summed E-state index contributed by atoms with van der Waals surface area (Å²) in [6, 6.07) is -0.225. The molecule has 2 N–H and O–H groups in total. The van der Waals surface area contributed by atoms with Crippen LogP contribution in [-0.4, -0.2) is 9.97 Å². The topological polar surface area (TPSA) is 51.8 Å². The molecule has 1 aromatic rings. The van der Waals surface area contributed by atoms with E-state index >= 15 is 0 Å². The van der Waals surface area contributed by atoms with Gasteiger partial charge in [0, 0.05) is 24.0 Å². The third-order valence-electron chi connectivity index (χ3n) is 1.41. The number of halogens is 3. The van der Waals surface area contributed by atoms with Gasteiger partial charge >= 0.3 is 0 Å². The van der Waals surface area contributed by atoms with Gasteiger partial charge in [0.1, 0.15) is 0 Å². The van der Waals surface area contributed by atoms with Gasteiger partial charge in [-0.25, -0.2) is 18.7 Å². The summed E-state index contributed by atoms with van der Waals surface area (Å²) >= 11 is 0. The summed E-state index contributed by atoms with van der Waals surface area (Å²) in [6.07, 6.45) is 0.0188. The van der Waals surface area contributed by atoms with E-state index in [1.807, 2.05) is 0 Å². The van der Waals surface area contributed by atoms with E-state index in [0.29, 0.717) is 5.56 Å². The molecule has 1 heterocycles. The average Bonchev–Trinajstić information content (AvgIpc) is 2.04. The lowest BCUT2D eigenvalue weighted by Gasteiger charge is -2.04. The Bertz CT molecular complexity index is 223. The Morgan fingerprint density at radius 1 is 1.31 bits per heavy atom. The highest BCUT2D eigenvalue weighted by Gasteiger charge is 2.10. The van der Waals surface area contributed by atoms with Crippen LogP contribution in [0.25, 0.3) is 0 Å². The number of rotatable bonds is 2. The smallest absolute Gasteiger partial charge is 0.297 e. The van der Waals surface area contributed by atoms with Gasteiger partial charge in [-0.2, -0.15) is 0 Å². The SMILES string of the molecule is C[C@H](N)c1cnc(C(F)F)nc1.Cl. The monoisotopic (exact) mass is 209 g/mol. The first kappa shape index (κ1) is 12.2. The van der Waals surface area contributed by atoms with Gasteiger partial charge in [-0.15, -0.1) is 12.4 Å². The summed E-state index contributed by atoms with van der Waals surface area (Å²) in [4.78, 5) is 6.92. The van der Waals surface area contributed by atoms with E-state index in [4.69, 9.17) is 5.73 Å². The van der Waals surface area contributed by atoms with Crippen molar-refractivity contribution in [2.45, 2.75) is 19.4 Å². The van der Waals surface area contributed by atoms with Crippen LogP contribution in [0.15, 0.2) is 12.4 Å². The molecule has 0 aromatic carbocycles. The van der Waals surface area contributed by atoms with Crippen molar-refractivity contribution in [3.8, 4) is 0 Å². The van der Waals surface area contributed by atoms with E-state index in [1.54, 1.807) is 6.92 Å². The molecular formula is C7H10ClF2N3. The van der Waals surface area contributed by atoms with Crippen LogP contribution in [-0.2, 0) is 0 Å². The van der Waals surface area contributed by atoms with Crippen LogP contribution in [0.5, 0.6) is 0 Å². The fourth-order valence-corrected chi connectivity index (χ4v) is 0.696. The molecule has 0 saturated heterocycles. The molecule has 0 spiro atoms. The lowest BCUT2D eigenvalue weighted by atomic mass is 10.2. The first-order valence-corrected chi connectivity index (χ1v) is 3.47. The Morgan fingerprint density at radius 2 is 1.77 bits per heavy atom. The van der Waals surface area contributed by atoms with Crippen molar-refractivity contribution in [1.82, 2.24) is 9.97 Å². The van der Waals surface area contributed by atoms with E-state index in [0.717, 1.165) is 0 Å². The third-order valence-corrected chi connectivity index (χ3v) is 1.41. The molecule has 13 heavy (non-hydrogen) atoms. The molecule has 0 radical (unpaired) electrons. The fraction of sp³-hybridized carbons (Fsp3) is 0.429. The molecule has 0 fully saturated rings. The molecule has 1 rings (SSSR count). The van der Waals surface area contributed by atoms with Crippen LogP contribution in [0.2, 0.25) is 0 Å². The van der Waals surface area contributed by atoms with Gasteiger partial charge < -0.3 is 5.73 Å². The largest absolute Gasteiger partial charge is 0.324 e. The zero-order chi connectivity index (χ0) is 9.14. The van der Waals surface area contributed by atoms with Crippen LogP contribution < -0.4 is 5.73 Å². The second kappa shape index (κ2) is 5.04. The Balaban J connectivity index is 0.00000144. The summed E-state index contributed by atoms with van der Waals surface area (Å²) in [6.45, 7) is 1.74. The van der Waals surface area contributed by atoms with Crippen LogP contribution >= 0.6 is 12.4 Å². The van der Waals surface area contributed by atoms with Crippen molar-refractivity contribution in [3.05, 3.63) is 23.8 Å². The molecule has 1 aromatic heterocycles. The highest BCUT2D eigenvalue weighted by atomic mass is 35.5. The summed E-state index contributed by atoms with van der Waals surface area (Å²) in [5, 5.41) is 0. The van der Waals surface area contributed by atoms with Gasteiger partial charge in [0.25, 0.3) is 6.43 Å². The minimum absolute atomic E-state index is 0. The molecule has 6 heteroatoms. The van der Waals surface area contributed by atoms with E-state index in [9.17, 15) is 8.78 Å². The standard InChI is InChI=1S/C7H9F2N3.ClH/c1-4(10)5-2-11-7(6(8)9)12-3-5;/h2-4,6H,10H2,1H3;1H/t4-;/m0./s1. The molecule has 1 atom stereocenters. The van der Waals surface area contributed by atoms with E-state index < -0.39 is 12.2 Å². The van der Waals surface area contributed by atoms with Gasteiger partial charge in [0.2, 0.25) is 0 Å². The number of nitrogens with two attached hydrogens (primary N) is 1. The molecule has 0 aliphatic heterocycles. The van der Waals surface area contributed by atoms with Crippen molar-refractivity contribution >= 4 is 12.4 Å². The molecule has 0 saturated carbocycles. The minimum Gasteiger partial charge on any atom is -0.324 e. The first-order chi connectivity index (χ1) is 5.61. The average molecular weight is 210 g/mol. The lowest BCUT2D eigenvalue weighted by Crippen LogP contribution is -2.07. The van der Waals surface area contributed by atoms with Crippen LogP contribution in [0, 0.1) is 0 Å². The second-order valence-corrected chi connectivity index (χ2v) is 2.46.